The molecule has 288 valence electrons. The summed E-state index contributed by atoms with van der Waals surface area (Å²) in [6.45, 7) is 6.92. The van der Waals surface area contributed by atoms with Crippen molar-refractivity contribution in [2.24, 2.45) is 0 Å². The van der Waals surface area contributed by atoms with E-state index in [1.807, 2.05) is 0 Å². The highest BCUT2D eigenvalue weighted by atomic mass is 14.5. The Hall–Kier alpha value is -7.28. The number of hydrogen-bond acceptors (Lipinski definition) is 0. The Kier molecular flexibility index (Phi) is 7.81. The van der Waals surface area contributed by atoms with Crippen molar-refractivity contribution in [1.82, 2.24) is 0 Å². The quantitative estimate of drug-likeness (QED) is 0.163. The van der Waals surface area contributed by atoms with Crippen LogP contribution in [-0.2, 0) is 10.8 Å². The summed E-state index contributed by atoms with van der Waals surface area (Å²) >= 11 is 0. The molecule has 0 N–H and O–H groups in total. The van der Waals surface area contributed by atoms with Gasteiger partial charge in [0, 0.05) is 5.41 Å². The molecule has 0 fully saturated rings. The van der Waals surface area contributed by atoms with Crippen molar-refractivity contribution >= 4 is 21.5 Å². The van der Waals surface area contributed by atoms with E-state index in [0.717, 1.165) is 0 Å². The van der Waals surface area contributed by atoms with Gasteiger partial charge in [0.25, 0.3) is 0 Å². The number of rotatable bonds is 5. The Labute approximate surface area is 358 Å². The van der Waals surface area contributed by atoms with Gasteiger partial charge in [-0.05, 0) is 130 Å². The summed E-state index contributed by atoms with van der Waals surface area (Å²) in [5.74, 6) is 0. The topological polar surface area (TPSA) is 0 Å². The second kappa shape index (κ2) is 13.4. The molecule has 0 amide bonds. The van der Waals surface area contributed by atoms with Crippen LogP contribution in [0.1, 0.15) is 52.8 Å². The van der Waals surface area contributed by atoms with E-state index in [1.165, 1.54) is 116 Å². The van der Waals surface area contributed by atoms with Crippen LogP contribution in [0.2, 0.25) is 0 Å². The molecule has 1 unspecified atom stereocenters. The van der Waals surface area contributed by atoms with Crippen LogP contribution >= 0.6 is 0 Å². The molecule has 2 aliphatic rings. The first-order chi connectivity index (χ1) is 29.9. The van der Waals surface area contributed by atoms with Crippen LogP contribution in [0.4, 0.5) is 0 Å². The maximum absolute atomic E-state index is 2.49. The molecular weight excluding hydrogens is 733 g/mol. The van der Waals surface area contributed by atoms with Crippen molar-refractivity contribution in [1.29, 1.82) is 0 Å². The van der Waals surface area contributed by atoms with E-state index in [2.05, 4.69) is 233 Å². The molecule has 61 heavy (non-hydrogen) atoms. The highest BCUT2D eigenvalue weighted by Gasteiger charge is 2.46. The van der Waals surface area contributed by atoms with Crippen LogP contribution in [-0.4, -0.2) is 0 Å². The van der Waals surface area contributed by atoms with Crippen molar-refractivity contribution in [3.8, 4) is 55.6 Å². The summed E-state index contributed by atoms with van der Waals surface area (Å²) in [4.78, 5) is 0. The third-order valence-corrected chi connectivity index (χ3v) is 14.0. The minimum atomic E-state index is -0.541. The number of hydrogen-bond donors (Lipinski definition) is 0. The smallest absolute Gasteiger partial charge is 0.0622 e. The molecule has 0 heteroatoms. The van der Waals surface area contributed by atoms with Gasteiger partial charge in [-0.2, -0.15) is 0 Å². The first-order valence-electron chi connectivity index (χ1n) is 21.6. The predicted molar refractivity (Wildman–Crippen MR) is 257 cm³/mol. The van der Waals surface area contributed by atoms with E-state index < -0.39 is 5.41 Å². The fraction of sp³-hybridized carbons (Fsp3) is 0.0820. The maximum Gasteiger partial charge on any atom is 0.0713 e. The largest absolute Gasteiger partial charge is 0.0713 e. The van der Waals surface area contributed by atoms with Gasteiger partial charge in [0.2, 0.25) is 0 Å². The van der Waals surface area contributed by atoms with Crippen molar-refractivity contribution in [3.05, 3.63) is 251 Å². The molecule has 0 heterocycles. The Morgan fingerprint density at radius 3 is 1.74 bits per heavy atom. The number of fused-ring (bicyclic) bond motifs is 8. The minimum absolute atomic E-state index is 0.0566. The number of aryl methyl sites for hydroxylation is 1. The van der Waals surface area contributed by atoms with Crippen molar-refractivity contribution < 1.29 is 0 Å². The van der Waals surface area contributed by atoms with Crippen molar-refractivity contribution in [2.45, 2.75) is 31.6 Å². The van der Waals surface area contributed by atoms with Crippen LogP contribution in [0.25, 0.3) is 77.2 Å². The van der Waals surface area contributed by atoms with Gasteiger partial charge >= 0.3 is 0 Å². The molecule has 0 bridgehead atoms. The molecule has 10 aromatic rings. The number of benzene rings is 10. The van der Waals surface area contributed by atoms with E-state index in [0.29, 0.717) is 0 Å². The lowest BCUT2D eigenvalue weighted by Crippen LogP contribution is -2.28. The van der Waals surface area contributed by atoms with Crippen LogP contribution in [0.15, 0.2) is 212 Å². The highest BCUT2D eigenvalue weighted by molar-refractivity contribution is 6.08. The Balaban J connectivity index is 1.08. The summed E-state index contributed by atoms with van der Waals surface area (Å²) in [7, 11) is 0. The monoisotopic (exact) mass is 776 g/mol. The molecule has 2 aliphatic carbocycles. The van der Waals surface area contributed by atoms with Crippen LogP contribution in [0.5, 0.6) is 0 Å². The average molecular weight is 777 g/mol. The standard InChI is InChI=1S/C61H44/c1-39-30-31-40-16-14-25-45(54(40)36-39)42-32-33-51-50-23-9-12-28-56(50)61(58(51)38-42,43-18-5-4-6-19-43)44-20-13-17-41(37-44)46-34-35-49(48-22-8-7-21-47(46)48)52-26-15-29-57-59(52)53-24-10-11-27-55(53)60(57,2)3/h4-38H,1-3H3. The SMILES string of the molecule is Cc1ccc2cccc(-c3ccc4c(c3)C(c3ccccc3)(c3cccc(-c5ccc(-c6cccc7c6-c6ccccc6C7(C)C)c6ccccc56)c3)c3ccccc3-4)c2c1. The third-order valence-electron chi connectivity index (χ3n) is 14.0. The van der Waals surface area contributed by atoms with Gasteiger partial charge in [-0.25, -0.2) is 0 Å². The fourth-order valence-electron chi connectivity index (χ4n) is 11.2. The molecule has 0 radical (unpaired) electrons. The van der Waals surface area contributed by atoms with Gasteiger partial charge in [0.05, 0.1) is 5.41 Å². The first-order valence-corrected chi connectivity index (χ1v) is 21.6. The maximum atomic E-state index is 2.49. The van der Waals surface area contributed by atoms with Crippen LogP contribution in [0.3, 0.4) is 0 Å². The predicted octanol–water partition coefficient (Wildman–Crippen LogP) is 16.0. The van der Waals surface area contributed by atoms with E-state index in [4.69, 9.17) is 0 Å². The third kappa shape index (κ3) is 5.12. The zero-order valence-electron chi connectivity index (χ0n) is 34.7. The second-order valence-electron chi connectivity index (χ2n) is 17.6. The molecule has 0 aromatic heterocycles. The van der Waals surface area contributed by atoms with Crippen LogP contribution in [0, 0.1) is 6.92 Å². The lowest BCUT2D eigenvalue weighted by atomic mass is 9.67. The zero-order valence-corrected chi connectivity index (χ0v) is 34.7. The molecule has 0 saturated heterocycles. The molecule has 12 rings (SSSR count). The molecule has 0 spiro atoms. The van der Waals surface area contributed by atoms with Crippen LogP contribution < -0.4 is 0 Å². The Morgan fingerprint density at radius 1 is 0.311 bits per heavy atom. The molecule has 0 saturated carbocycles. The Morgan fingerprint density at radius 2 is 0.885 bits per heavy atom. The van der Waals surface area contributed by atoms with Gasteiger partial charge in [0.1, 0.15) is 0 Å². The van der Waals surface area contributed by atoms with E-state index in [9.17, 15) is 0 Å². The zero-order chi connectivity index (χ0) is 40.9. The fourth-order valence-corrected chi connectivity index (χ4v) is 11.2. The Bertz CT molecular complexity index is 3400. The summed E-state index contributed by atoms with van der Waals surface area (Å²) in [6, 6.07) is 80.0. The lowest BCUT2D eigenvalue weighted by molar-refractivity contribution is 0.660. The van der Waals surface area contributed by atoms with E-state index >= 15 is 0 Å². The summed E-state index contributed by atoms with van der Waals surface area (Å²) in [5.41, 5.74) is 21.5. The lowest BCUT2D eigenvalue weighted by Gasteiger charge is -2.34. The van der Waals surface area contributed by atoms with Crippen molar-refractivity contribution in [3.63, 3.8) is 0 Å². The summed E-state index contributed by atoms with van der Waals surface area (Å²) in [5, 5.41) is 5.08. The minimum Gasteiger partial charge on any atom is -0.0622 e. The highest BCUT2D eigenvalue weighted by Crippen LogP contribution is 2.58. The van der Waals surface area contributed by atoms with Gasteiger partial charge < -0.3 is 0 Å². The van der Waals surface area contributed by atoms with Gasteiger partial charge in [-0.1, -0.05) is 220 Å². The normalized spacial score (nSPS) is 15.7. The van der Waals surface area contributed by atoms with Gasteiger partial charge in [0.15, 0.2) is 0 Å². The molecule has 10 aromatic carbocycles. The van der Waals surface area contributed by atoms with E-state index in [-0.39, 0.29) is 5.41 Å². The molecular formula is C61H44. The first kappa shape index (κ1) is 35.6. The van der Waals surface area contributed by atoms with Gasteiger partial charge in [-0.15, -0.1) is 0 Å². The van der Waals surface area contributed by atoms with Crippen molar-refractivity contribution in [2.75, 3.05) is 0 Å². The summed E-state index contributed by atoms with van der Waals surface area (Å²) in [6.07, 6.45) is 0. The summed E-state index contributed by atoms with van der Waals surface area (Å²) < 4.78 is 0. The van der Waals surface area contributed by atoms with E-state index in [1.54, 1.807) is 0 Å². The average Bonchev–Trinajstić information content (AvgIpc) is 3.74. The molecule has 0 nitrogen and oxygen atoms in total. The molecule has 0 aliphatic heterocycles. The second-order valence-corrected chi connectivity index (χ2v) is 17.6. The van der Waals surface area contributed by atoms with Gasteiger partial charge in [-0.3, -0.25) is 0 Å². The molecule has 1 atom stereocenters.